The van der Waals surface area contributed by atoms with Crippen molar-refractivity contribution >= 4 is 0 Å². The molecule has 2 spiro atoms. The predicted molar refractivity (Wildman–Crippen MR) is 109 cm³/mol. The Balaban J connectivity index is 0.000000375. The van der Waals surface area contributed by atoms with Crippen LogP contribution in [0.2, 0.25) is 0 Å². The summed E-state index contributed by atoms with van der Waals surface area (Å²) in [6, 6.07) is 0. The minimum Gasteiger partial charge on any atom is -0.348 e. The molecule has 0 radical (unpaired) electrons. The first-order chi connectivity index (χ1) is 12.8. The van der Waals surface area contributed by atoms with Crippen molar-refractivity contribution in [3.05, 3.63) is 0 Å². The number of ether oxygens (including phenoxy) is 4. The van der Waals surface area contributed by atoms with Gasteiger partial charge in [0.1, 0.15) is 0 Å². The van der Waals surface area contributed by atoms with Gasteiger partial charge in [0.25, 0.3) is 0 Å². The second-order valence-corrected chi connectivity index (χ2v) is 6.34. The highest BCUT2D eigenvalue weighted by atomic mass is 16.7. The van der Waals surface area contributed by atoms with Gasteiger partial charge >= 0.3 is 0 Å². The summed E-state index contributed by atoms with van der Waals surface area (Å²) in [6.07, 6.45) is 12.3. The fourth-order valence-electron chi connectivity index (χ4n) is 3.75. The first-order valence-corrected chi connectivity index (χ1v) is 11.4. The highest BCUT2D eigenvalue weighted by molar-refractivity contribution is 4.78. The van der Waals surface area contributed by atoms with Crippen LogP contribution in [0, 0.1) is 0 Å². The molecule has 4 aliphatic rings. The van der Waals surface area contributed by atoms with Crippen LogP contribution in [0.25, 0.3) is 0 Å². The molecule has 0 N–H and O–H groups in total. The smallest absolute Gasteiger partial charge is 0.168 e. The zero-order chi connectivity index (χ0) is 19.7. The zero-order valence-electron chi connectivity index (χ0n) is 18.5. The van der Waals surface area contributed by atoms with Gasteiger partial charge in [0.15, 0.2) is 11.6 Å². The molecule has 0 atom stereocenters. The molecule has 2 aliphatic heterocycles. The van der Waals surface area contributed by atoms with E-state index < -0.39 is 0 Å². The van der Waals surface area contributed by atoms with Crippen LogP contribution in [0.5, 0.6) is 0 Å². The van der Waals surface area contributed by atoms with Crippen LogP contribution in [-0.2, 0) is 18.9 Å². The van der Waals surface area contributed by atoms with Gasteiger partial charge in [0, 0.05) is 25.7 Å². The maximum absolute atomic E-state index is 5.56. The van der Waals surface area contributed by atoms with E-state index in [9.17, 15) is 0 Å². The molecule has 4 nitrogen and oxygen atoms in total. The van der Waals surface area contributed by atoms with Crippen molar-refractivity contribution in [2.24, 2.45) is 0 Å². The largest absolute Gasteiger partial charge is 0.348 e. The molecule has 0 aromatic carbocycles. The normalized spacial score (nSPS) is 24.7. The highest BCUT2D eigenvalue weighted by Gasteiger charge is 2.38. The van der Waals surface area contributed by atoms with Crippen LogP contribution in [0.15, 0.2) is 0 Å². The van der Waals surface area contributed by atoms with Crippen molar-refractivity contribution in [1.82, 2.24) is 0 Å². The maximum Gasteiger partial charge on any atom is 0.168 e. The van der Waals surface area contributed by atoms with E-state index in [0.717, 1.165) is 52.1 Å². The van der Waals surface area contributed by atoms with E-state index in [2.05, 4.69) is 0 Å². The minimum absolute atomic E-state index is 0.127. The fourth-order valence-corrected chi connectivity index (χ4v) is 3.75. The number of hydrogen-bond donors (Lipinski definition) is 0. The Kier molecular flexibility index (Phi) is 15.8. The average molecular weight is 375 g/mol. The molecule has 4 rings (SSSR count). The second kappa shape index (κ2) is 15.9. The first-order valence-electron chi connectivity index (χ1n) is 11.4. The maximum atomic E-state index is 5.56. The van der Waals surface area contributed by atoms with Crippen LogP contribution >= 0.6 is 0 Å². The van der Waals surface area contributed by atoms with Gasteiger partial charge in [-0.15, -0.1) is 0 Å². The van der Waals surface area contributed by atoms with Crippen LogP contribution in [0.3, 0.4) is 0 Å². The second-order valence-electron chi connectivity index (χ2n) is 6.34. The lowest BCUT2D eigenvalue weighted by molar-refractivity contribution is -0.176. The van der Waals surface area contributed by atoms with Crippen molar-refractivity contribution in [2.75, 3.05) is 26.4 Å². The molecule has 2 saturated carbocycles. The molecule has 4 fully saturated rings. The van der Waals surface area contributed by atoms with E-state index >= 15 is 0 Å². The Hall–Kier alpha value is -0.160. The molecule has 158 valence electrons. The summed E-state index contributed by atoms with van der Waals surface area (Å²) in [5.74, 6) is -0.253. The van der Waals surface area contributed by atoms with Gasteiger partial charge < -0.3 is 18.9 Å². The zero-order valence-corrected chi connectivity index (χ0v) is 18.5. The summed E-state index contributed by atoms with van der Waals surface area (Å²) in [6.45, 7) is 15.2. The quantitative estimate of drug-likeness (QED) is 0.487. The SMILES string of the molecule is C1CCC2(CC1)OCCO2.C1CCC2(CC1)OCCO2.CC.CC.CC. The van der Waals surface area contributed by atoms with E-state index in [-0.39, 0.29) is 11.6 Å². The monoisotopic (exact) mass is 374 g/mol. The average Bonchev–Trinajstić information content (AvgIpc) is 3.38. The Morgan fingerprint density at radius 1 is 0.385 bits per heavy atom. The van der Waals surface area contributed by atoms with Crippen molar-refractivity contribution in [3.63, 3.8) is 0 Å². The van der Waals surface area contributed by atoms with Crippen LogP contribution in [0.4, 0.5) is 0 Å². The Morgan fingerprint density at radius 2 is 0.615 bits per heavy atom. The molecular formula is C22H46O4. The molecule has 2 aliphatic carbocycles. The third-order valence-corrected chi connectivity index (χ3v) is 4.86. The molecule has 0 bridgehead atoms. The third kappa shape index (κ3) is 8.69. The molecule has 0 amide bonds. The molecule has 0 aromatic rings. The molecule has 2 saturated heterocycles. The number of rotatable bonds is 0. The topological polar surface area (TPSA) is 36.9 Å². The lowest BCUT2D eigenvalue weighted by Gasteiger charge is -2.30. The van der Waals surface area contributed by atoms with Crippen molar-refractivity contribution in [1.29, 1.82) is 0 Å². The van der Waals surface area contributed by atoms with Crippen molar-refractivity contribution in [3.8, 4) is 0 Å². The number of hydrogen-bond acceptors (Lipinski definition) is 4. The molecule has 0 unspecified atom stereocenters. The molecule has 26 heavy (non-hydrogen) atoms. The van der Waals surface area contributed by atoms with Gasteiger partial charge in [-0.05, 0) is 25.7 Å². The molecular weight excluding hydrogens is 328 g/mol. The van der Waals surface area contributed by atoms with Crippen molar-refractivity contribution in [2.45, 2.75) is 117 Å². The summed E-state index contributed by atoms with van der Waals surface area (Å²) >= 11 is 0. The summed E-state index contributed by atoms with van der Waals surface area (Å²) in [4.78, 5) is 0. The van der Waals surface area contributed by atoms with E-state index in [1.165, 1.54) is 38.5 Å². The molecule has 2 heterocycles. The van der Waals surface area contributed by atoms with E-state index in [1.54, 1.807) is 0 Å². The van der Waals surface area contributed by atoms with Gasteiger partial charge in [0.05, 0.1) is 26.4 Å². The highest BCUT2D eigenvalue weighted by Crippen LogP contribution is 2.36. The van der Waals surface area contributed by atoms with E-state index in [1.807, 2.05) is 41.5 Å². The fraction of sp³-hybridized carbons (Fsp3) is 1.00. The summed E-state index contributed by atoms with van der Waals surface area (Å²) in [5.41, 5.74) is 0. The molecule has 0 aromatic heterocycles. The first kappa shape index (κ1) is 25.8. The Labute approximate surface area is 163 Å². The van der Waals surface area contributed by atoms with E-state index in [0.29, 0.717) is 0 Å². The van der Waals surface area contributed by atoms with Gasteiger partial charge in [-0.25, -0.2) is 0 Å². The van der Waals surface area contributed by atoms with Gasteiger partial charge in [-0.2, -0.15) is 0 Å². The minimum atomic E-state index is -0.127. The predicted octanol–water partition coefficient (Wildman–Crippen LogP) is 6.47. The van der Waals surface area contributed by atoms with Crippen molar-refractivity contribution < 1.29 is 18.9 Å². The standard InChI is InChI=1S/2C8H14O2.3C2H6/c2*1-2-4-8(5-3-1)9-6-7-10-8;3*1-2/h2*1-7H2;3*1-2H3. The van der Waals surface area contributed by atoms with Crippen LogP contribution in [0.1, 0.15) is 106 Å². The summed E-state index contributed by atoms with van der Waals surface area (Å²) in [5, 5.41) is 0. The Bertz CT molecular complexity index is 249. The van der Waals surface area contributed by atoms with Crippen LogP contribution < -0.4 is 0 Å². The lowest BCUT2D eigenvalue weighted by Crippen LogP contribution is -2.32. The third-order valence-electron chi connectivity index (χ3n) is 4.86. The molecule has 4 heteroatoms. The summed E-state index contributed by atoms with van der Waals surface area (Å²) < 4.78 is 22.2. The van der Waals surface area contributed by atoms with E-state index in [4.69, 9.17) is 18.9 Å². The van der Waals surface area contributed by atoms with Gasteiger partial charge in [-0.1, -0.05) is 54.4 Å². The summed E-state index contributed by atoms with van der Waals surface area (Å²) in [7, 11) is 0. The Morgan fingerprint density at radius 3 is 0.846 bits per heavy atom. The van der Waals surface area contributed by atoms with Gasteiger partial charge in [0.2, 0.25) is 0 Å². The van der Waals surface area contributed by atoms with Gasteiger partial charge in [-0.3, -0.25) is 0 Å². The lowest BCUT2D eigenvalue weighted by atomic mass is 9.94. The van der Waals surface area contributed by atoms with Crippen LogP contribution in [-0.4, -0.2) is 38.0 Å².